The fourth-order valence-electron chi connectivity index (χ4n) is 1.13. The van der Waals surface area contributed by atoms with Crippen LogP contribution in [0.1, 0.15) is 11.7 Å². The highest BCUT2D eigenvalue weighted by Gasteiger charge is 2.19. The summed E-state index contributed by atoms with van der Waals surface area (Å²) in [5.74, 6) is -0.0194. The Labute approximate surface area is 109 Å². The number of benzene rings is 1. The van der Waals surface area contributed by atoms with Crippen molar-refractivity contribution in [1.29, 1.82) is 0 Å². The van der Waals surface area contributed by atoms with E-state index in [2.05, 4.69) is 0 Å². The van der Waals surface area contributed by atoms with E-state index in [0.29, 0.717) is 15.6 Å². The Morgan fingerprint density at radius 1 is 1.38 bits per heavy atom. The summed E-state index contributed by atoms with van der Waals surface area (Å²) in [6.07, 6.45) is 0.151. The monoisotopic (exact) mass is 302 g/mol. The molecule has 1 rings (SSSR count). The van der Waals surface area contributed by atoms with E-state index in [0.717, 1.165) is 6.26 Å². The molecule has 0 N–H and O–H groups in total. The molecule has 0 bridgehead atoms. The molecule has 1 aromatic rings. The highest BCUT2D eigenvalue weighted by molar-refractivity contribution is 7.86. The van der Waals surface area contributed by atoms with Crippen LogP contribution < -0.4 is 0 Å². The van der Waals surface area contributed by atoms with E-state index in [1.165, 1.54) is 6.07 Å². The van der Waals surface area contributed by atoms with Crippen molar-refractivity contribution in [3.8, 4) is 0 Å². The van der Waals surface area contributed by atoms with Gasteiger partial charge in [0.05, 0.1) is 12.1 Å². The molecule has 0 aromatic heterocycles. The highest BCUT2D eigenvalue weighted by Crippen LogP contribution is 2.30. The van der Waals surface area contributed by atoms with Gasteiger partial charge in [0.15, 0.2) is 0 Å². The largest absolute Gasteiger partial charge is 0.265 e. The quantitative estimate of drug-likeness (QED) is 0.633. The Balaban J connectivity index is 3.04. The second kappa shape index (κ2) is 5.56. The van der Waals surface area contributed by atoms with Gasteiger partial charge in [0.1, 0.15) is 6.10 Å². The van der Waals surface area contributed by atoms with Crippen LogP contribution in [0, 0.1) is 0 Å². The maximum absolute atomic E-state index is 11.0. The first kappa shape index (κ1) is 14.1. The predicted octanol–water partition coefficient (Wildman–Crippen LogP) is 3.25. The van der Waals surface area contributed by atoms with Crippen LogP contribution >= 0.6 is 34.8 Å². The zero-order valence-corrected chi connectivity index (χ0v) is 11.4. The third-order valence-corrected chi connectivity index (χ3v) is 3.17. The second-order valence-electron chi connectivity index (χ2n) is 3.11. The van der Waals surface area contributed by atoms with E-state index < -0.39 is 16.2 Å². The Bertz CT molecular complexity index is 473. The molecule has 0 heterocycles. The summed E-state index contributed by atoms with van der Waals surface area (Å²) in [7, 11) is -3.59. The van der Waals surface area contributed by atoms with Crippen molar-refractivity contribution in [2.75, 3.05) is 12.1 Å². The van der Waals surface area contributed by atoms with Crippen LogP contribution in [0.2, 0.25) is 10.0 Å². The van der Waals surface area contributed by atoms with E-state index in [4.69, 9.17) is 39.0 Å². The number of halogens is 3. The van der Waals surface area contributed by atoms with Crippen molar-refractivity contribution in [2.24, 2.45) is 0 Å². The fourth-order valence-corrected chi connectivity index (χ4v) is 2.56. The van der Waals surface area contributed by atoms with Crippen LogP contribution in [0.4, 0.5) is 0 Å². The van der Waals surface area contributed by atoms with E-state index in [9.17, 15) is 8.42 Å². The summed E-state index contributed by atoms with van der Waals surface area (Å²) in [6, 6.07) is 4.68. The molecule has 0 aliphatic rings. The molecule has 0 fully saturated rings. The van der Waals surface area contributed by atoms with Crippen molar-refractivity contribution in [3.05, 3.63) is 33.8 Å². The maximum atomic E-state index is 11.0. The lowest BCUT2D eigenvalue weighted by Gasteiger charge is -2.15. The molecule has 0 saturated heterocycles. The molecule has 0 aliphatic carbocycles. The number of hydrogen-bond donors (Lipinski definition) is 0. The zero-order chi connectivity index (χ0) is 12.3. The summed E-state index contributed by atoms with van der Waals surface area (Å²) < 4.78 is 26.8. The molecule has 16 heavy (non-hydrogen) atoms. The van der Waals surface area contributed by atoms with Gasteiger partial charge in [-0.2, -0.15) is 8.42 Å². The third-order valence-electron chi connectivity index (χ3n) is 1.74. The fraction of sp³-hybridized carbons (Fsp3) is 0.333. The molecule has 0 amide bonds. The lowest BCUT2D eigenvalue weighted by atomic mass is 10.1. The molecule has 1 aromatic carbocycles. The summed E-state index contributed by atoms with van der Waals surface area (Å²) >= 11 is 17.3. The lowest BCUT2D eigenvalue weighted by molar-refractivity contribution is 0.240. The van der Waals surface area contributed by atoms with Crippen molar-refractivity contribution < 1.29 is 12.6 Å². The highest BCUT2D eigenvalue weighted by atomic mass is 35.5. The van der Waals surface area contributed by atoms with Gasteiger partial charge in [-0.15, -0.1) is 11.6 Å². The summed E-state index contributed by atoms with van der Waals surface area (Å²) in [6.45, 7) is 0. The zero-order valence-electron chi connectivity index (χ0n) is 8.28. The predicted molar refractivity (Wildman–Crippen MR) is 65.9 cm³/mol. The Hall–Kier alpha value is -0.000000000000000111. The Morgan fingerprint density at radius 3 is 2.44 bits per heavy atom. The maximum Gasteiger partial charge on any atom is 0.265 e. The Kier molecular flexibility index (Phi) is 4.88. The lowest BCUT2D eigenvalue weighted by Crippen LogP contribution is -2.12. The van der Waals surface area contributed by atoms with Crippen molar-refractivity contribution in [2.45, 2.75) is 6.10 Å². The van der Waals surface area contributed by atoms with Crippen LogP contribution in [0.15, 0.2) is 18.2 Å². The Morgan fingerprint density at radius 2 is 2.00 bits per heavy atom. The van der Waals surface area contributed by atoms with Gasteiger partial charge in [-0.1, -0.05) is 29.3 Å². The van der Waals surface area contributed by atoms with Crippen LogP contribution in [0.5, 0.6) is 0 Å². The SMILES string of the molecule is CS(=O)(=O)OC(CCl)c1ccc(Cl)cc1Cl. The minimum Gasteiger partial charge on any atom is -0.261 e. The van der Waals surface area contributed by atoms with Gasteiger partial charge in [0.25, 0.3) is 10.1 Å². The third kappa shape index (κ3) is 4.11. The molecule has 0 spiro atoms. The first-order chi connectivity index (χ1) is 7.33. The first-order valence-corrected chi connectivity index (χ1v) is 7.33. The van der Waals surface area contributed by atoms with Gasteiger partial charge in [0.2, 0.25) is 0 Å². The molecular weight excluding hydrogens is 295 g/mol. The van der Waals surface area contributed by atoms with Gasteiger partial charge in [-0.25, -0.2) is 0 Å². The minimum absolute atomic E-state index is 0.0194. The number of hydrogen-bond acceptors (Lipinski definition) is 3. The molecule has 1 unspecified atom stereocenters. The van der Waals surface area contributed by atoms with Gasteiger partial charge < -0.3 is 0 Å². The summed E-state index contributed by atoms with van der Waals surface area (Å²) in [5.41, 5.74) is 0.492. The molecule has 1 atom stereocenters. The molecule has 0 aliphatic heterocycles. The number of rotatable bonds is 4. The van der Waals surface area contributed by atoms with Gasteiger partial charge in [-0.3, -0.25) is 4.18 Å². The average molecular weight is 304 g/mol. The smallest absolute Gasteiger partial charge is 0.261 e. The van der Waals surface area contributed by atoms with Crippen molar-refractivity contribution >= 4 is 44.9 Å². The molecule has 0 saturated carbocycles. The molecule has 3 nitrogen and oxygen atoms in total. The van der Waals surface area contributed by atoms with Crippen molar-refractivity contribution in [1.82, 2.24) is 0 Å². The van der Waals surface area contributed by atoms with Crippen LogP contribution in [0.25, 0.3) is 0 Å². The van der Waals surface area contributed by atoms with Gasteiger partial charge in [0, 0.05) is 15.6 Å². The molecule has 90 valence electrons. The van der Waals surface area contributed by atoms with E-state index in [1.807, 2.05) is 0 Å². The van der Waals surface area contributed by atoms with E-state index in [1.54, 1.807) is 12.1 Å². The van der Waals surface area contributed by atoms with Gasteiger partial charge in [-0.05, 0) is 12.1 Å². The van der Waals surface area contributed by atoms with E-state index >= 15 is 0 Å². The van der Waals surface area contributed by atoms with Crippen LogP contribution in [-0.4, -0.2) is 20.6 Å². The summed E-state index contributed by atoms with van der Waals surface area (Å²) in [5, 5.41) is 0.781. The van der Waals surface area contributed by atoms with E-state index in [-0.39, 0.29) is 5.88 Å². The molecular formula is C9H9Cl3O3S. The van der Waals surface area contributed by atoms with Crippen LogP contribution in [0.3, 0.4) is 0 Å². The normalized spacial score (nSPS) is 13.8. The standard InChI is InChI=1S/C9H9Cl3O3S/c1-16(13,14)15-9(5-10)7-3-2-6(11)4-8(7)12/h2-4,9H,5H2,1H3. The minimum atomic E-state index is -3.59. The summed E-state index contributed by atoms with van der Waals surface area (Å²) in [4.78, 5) is 0. The molecule has 0 radical (unpaired) electrons. The average Bonchev–Trinajstić information content (AvgIpc) is 2.13. The second-order valence-corrected chi connectivity index (χ2v) is 5.86. The first-order valence-electron chi connectivity index (χ1n) is 4.22. The van der Waals surface area contributed by atoms with Crippen molar-refractivity contribution in [3.63, 3.8) is 0 Å². The van der Waals surface area contributed by atoms with Crippen LogP contribution in [-0.2, 0) is 14.3 Å². The molecule has 7 heteroatoms. The number of alkyl halides is 1. The van der Waals surface area contributed by atoms with Gasteiger partial charge >= 0.3 is 0 Å². The topological polar surface area (TPSA) is 43.4 Å².